The Hall–Kier alpha value is -1.20. The zero-order valence-electron chi connectivity index (χ0n) is 14.2. The lowest BCUT2D eigenvalue weighted by molar-refractivity contribution is 0.800. The summed E-state index contributed by atoms with van der Waals surface area (Å²) in [6.07, 6.45) is 4.00. The van der Waals surface area contributed by atoms with Crippen molar-refractivity contribution >= 4 is 62.9 Å². The van der Waals surface area contributed by atoms with Gasteiger partial charge in [-0.1, -0.05) is 0 Å². The number of hydrogen-bond donors (Lipinski definition) is 2. The van der Waals surface area contributed by atoms with E-state index in [0.717, 1.165) is 39.0 Å². The van der Waals surface area contributed by atoms with Crippen LogP contribution in [0.1, 0.15) is 21.3 Å². The van der Waals surface area contributed by atoms with Crippen LogP contribution >= 0.6 is 51.2 Å². The van der Waals surface area contributed by atoms with Gasteiger partial charge in [0, 0.05) is 28.8 Å². The van der Waals surface area contributed by atoms with Crippen molar-refractivity contribution in [3.05, 3.63) is 50.3 Å². The third kappa shape index (κ3) is 5.14. The molecule has 0 atom stereocenters. The zero-order valence-corrected chi connectivity index (χ0v) is 18.9. The van der Waals surface area contributed by atoms with Crippen LogP contribution in [0.15, 0.2) is 34.0 Å². The molecule has 0 unspecified atom stereocenters. The van der Waals surface area contributed by atoms with Crippen LogP contribution in [-0.2, 0) is 13.1 Å². The summed E-state index contributed by atoms with van der Waals surface area (Å²) in [5.41, 5.74) is 2.96. The van der Waals surface area contributed by atoms with Gasteiger partial charge in [0.15, 0.2) is 5.96 Å². The quantitative estimate of drug-likeness (QED) is 0.304. The Bertz CT molecular complexity index is 888. The molecule has 0 fully saturated rings. The van der Waals surface area contributed by atoms with Gasteiger partial charge < -0.3 is 15.0 Å². The minimum atomic E-state index is 0. The lowest BCUT2D eigenvalue weighted by Crippen LogP contribution is -2.36. The summed E-state index contributed by atoms with van der Waals surface area (Å²) < 4.78 is 3.03. The second-order valence-electron chi connectivity index (χ2n) is 5.37. The monoisotopic (exact) mass is 534 g/mol. The number of rotatable bonds is 4. The number of imidazole rings is 1. The molecule has 0 aromatic carbocycles. The number of halogens is 2. The molecule has 6 nitrogen and oxygen atoms in total. The number of nitrogens with zero attached hydrogens (tertiary/aromatic N) is 4. The van der Waals surface area contributed by atoms with E-state index in [9.17, 15) is 0 Å². The number of aryl methyl sites for hydroxylation is 2. The predicted octanol–water partition coefficient (Wildman–Crippen LogP) is 3.65. The maximum absolute atomic E-state index is 4.58. The first-order chi connectivity index (χ1) is 11.5. The Morgan fingerprint density at radius 2 is 1.96 bits per heavy atom. The number of thiazole rings is 1. The molecule has 0 bridgehead atoms. The first-order valence-electron chi connectivity index (χ1n) is 7.55. The number of nitrogens with one attached hydrogen (secondary N) is 2. The SMILES string of the molecule is CN=C(NCc1cn2cc(Br)ccc2n1)NCc1sc(C)nc1C.I. The summed E-state index contributed by atoms with van der Waals surface area (Å²) in [6.45, 7) is 5.39. The van der Waals surface area contributed by atoms with E-state index < -0.39 is 0 Å². The number of aromatic nitrogens is 3. The van der Waals surface area contributed by atoms with Crippen molar-refractivity contribution in [2.75, 3.05) is 7.05 Å². The molecule has 9 heteroatoms. The van der Waals surface area contributed by atoms with E-state index in [1.807, 2.05) is 42.8 Å². The summed E-state index contributed by atoms with van der Waals surface area (Å²) >= 11 is 5.18. The highest BCUT2D eigenvalue weighted by molar-refractivity contribution is 14.0. The van der Waals surface area contributed by atoms with E-state index in [0.29, 0.717) is 6.54 Å². The van der Waals surface area contributed by atoms with E-state index in [-0.39, 0.29) is 24.0 Å². The van der Waals surface area contributed by atoms with Gasteiger partial charge in [0.25, 0.3) is 0 Å². The van der Waals surface area contributed by atoms with Gasteiger partial charge in [-0.05, 0) is 41.9 Å². The molecule has 0 aliphatic carbocycles. The van der Waals surface area contributed by atoms with Gasteiger partial charge in [0.1, 0.15) is 5.65 Å². The zero-order chi connectivity index (χ0) is 17.1. The van der Waals surface area contributed by atoms with E-state index >= 15 is 0 Å². The molecule has 134 valence electrons. The van der Waals surface area contributed by atoms with Crippen LogP contribution in [-0.4, -0.2) is 27.4 Å². The third-order valence-corrected chi connectivity index (χ3v) is 5.08. The number of aliphatic imine (C=N–C) groups is 1. The maximum Gasteiger partial charge on any atom is 0.191 e. The molecule has 3 heterocycles. The van der Waals surface area contributed by atoms with Gasteiger partial charge in [-0.15, -0.1) is 35.3 Å². The van der Waals surface area contributed by atoms with Crippen molar-refractivity contribution < 1.29 is 0 Å². The number of pyridine rings is 1. The van der Waals surface area contributed by atoms with Crippen molar-refractivity contribution in [1.29, 1.82) is 0 Å². The fraction of sp³-hybridized carbons (Fsp3) is 0.312. The minimum Gasteiger partial charge on any atom is -0.351 e. The van der Waals surface area contributed by atoms with Crippen LogP contribution in [0.4, 0.5) is 0 Å². The van der Waals surface area contributed by atoms with Gasteiger partial charge in [0.2, 0.25) is 0 Å². The molecule has 0 radical (unpaired) electrons. The van der Waals surface area contributed by atoms with Crippen molar-refractivity contribution in [3.63, 3.8) is 0 Å². The Kier molecular flexibility index (Phi) is 7.20. The van der Waals surface area contributed by atoms with E-state index in [1.54, 1.807) is 18.4 Å². The second-order valence-corrected chi connectivity index (χ2v) is 7.57. The molecule has 3 aromatic heterocycles. The van der Waals surface area contributed by atoms with Crippen molar-refractivity contribution in [1.82, 2.24) is 25.0 Å². The highest BCUT2D eigenvalue weighted by atomic mass is 127. The van der Waals surface area contributed by atoms with Crippen LogP contribution in [0.2, 0.25) is 0 Å². The summed E-state index contributed by atoms with van der Waals surface area (Å²) in [6, 6.07) is 3.97. The maximum atomic E-state index is 4.58. The minimum absolute atomic E-state index is 0. The van der Waals surface area contributed by atoms with Crippen molar-refractivity contribution in [2.45, 2.75) is 26.9 Å². The molecule has 0 amide bonds. The summed E-state index contributed by atoms with van der Waals surface area (Å²) in [5.74, 6) is 0.749. The average Bonchev–Trinajstić information content (AvgIpc) is 3.09. The molecule has 0 spiro atoms. The van der Waals surface area contributed by atoms with Crippen LogP contribution in [0.25, 0.3) is 5.65 Å². The van der Waals surface area contributed by atoms with Gasteiger partial charge >= 0.3 is 0 Å². The van der Waals surface area contributed by atoms with Crippen LogP contribution in [0.3, 0.4) is 0 Å². The first kappa shape index (κ1) is 20.1. The van der Waals surface area contributed by atoms with Crippen molar-refractivity contribution in [3.8, 4) is 0 Å². The molecule has 2 N–H and O–H groups in total. The molecule has 0 saturated heterocycles. The predicted molar refractivity (Wildman–Crippen MR) is 117 cm³/mol. The van der Waals surface area contributed by atoms with E-state index in [1.165, 1.54) is 4.88 Å². The molecular formula is C16H20BrIN6S. The number of fused-ring (bicyclic) bond motifs is 1. The molecule has 3 rings (SSSR count). The van der Waals surface area contributed by atoms with Crippen LogP contribution < -0.4 is 10.6 Å². The van der Waals surface area contributed by atoms with E-state index in [4.69, 9.17) is 0 Å². The molecule has 0 aliphatic rings. The largest absolute Gasteiger partial charge is 0.351 e. The highest BCUT2D eigenvalue weighted by Crippen LogP contribution is 2.16. The highest BCUT2D eigenvalue weighted by Gasteiger charge is 2.07. The lowest BCUT2D eigenvalue weighted by Gasteiger charge is -2.10. The summed E-state index contributed by atoms with van der Waals surface area (Å²) in [7, 11) is 1.76. The van der Waals surface area contributed by atoms with Gasteiger partial charge in [-0.2, -0.15) is 0 Å². The Labute approximate surface area is 176 Å². The summed E-state index contributed by atoms with van der Waals surface area (Å²) in [5, 5.41) is 7.70. The van der Waals surface area contributed by atoms with Gasteiger partial charge in [0.05, 0.1) is 29.5 Å². The molecule has 25 heavy (non-hydrogen) atoms. The third-order valence-electron chi connectivity index (χ3n) is 3.54. The second kappa shape index (κ2) is 8.95. The van der Waals surface area contributed by atoms with Crippen LogP contribution in [0.5, 0.6) is 0 Å². The van der Waals surface area contributed by atoms with E-state index in [2.05, 4.69) is 41.5 Å². The van der Waals surface area contributed by atoms with Crippen molar-refractivity contribution in [2.24, 2.45) is 4.99 Å². The fourth-order valence-corrected chi connectivity index (χ4v) is 3.63. The summed E-state index contributed by atoms with van der Waals surface area (Å²) in [4.78, 5) is 14.5. The Morgan fingerprint density at radius 1 is 1.20 bits per heavy atom. The standard InChI is InChI=1S/C16H19BrN6S.HI/c1-10-14(24-11(2)21-10)7-20-16(18-3)19-6-13-9-23-8-12(17)4-5-15(23)22-13;/h4-5,8-9H,6-7H2,1-3H3,(H2,18,19,20);1H. The molecule has 0 aliphatic heterocycles. The number of hydrogen-bond acceptors (Lipinski definition) is 4. The number of guanidine groups is 1. The average molecular weight is 535 g/mol. The van der Waals surface area contributed by atoms with Crippen LogP contribution in [0, 0.1) is 13.8 Å². The molecule has 3 aromatic rings. The topological polar surface area (TPSA) is 66.6 Å². The normalized spacial score (nSPS) is 11.4. The van der Waals surface area contributed by atoms with Gasteiger partial charge in [-0.3, -0.25) is 4.99 Å². The molecule has 0 saturated carbocycles. The van der Waals surface area contributed by atoms with Gasteiger partial charge in [-0.25, -0.2) is 9.97 Å². The fourth-order valence-electron chi connectivity index (χ4n) is 2.40. The molecular weight excluding hydrogens is 515 g/mol. The first-order valence-corrected chi connectivity index (χ1v) is 9.16. The Balaban J connectivity index is 0.00000225. The Morgan fingerprint density at radius 3 is 2.64 bits per heavy atom. The lowest BCUT2D eigenvalue weighted by atomic mass is 10.4. The smallest absolute Gasteiger partial charge is 0.191 e.